The Bertz CT molecular complexity index is 366. The second-order valence-corrected chi connectivity index (χ2v) is 7.16. The number of nitrogens with zero attached hydrogens (tertiary/aromatic N) is 1. The fourth-order valence-electron chi connectivity index (χ4n) is 2.41. The molecule has 1 aliphatic rings. The van der Waals surface area contributed by atoms with Crippen molar-refractivity contribution in [2.45, 2.75) is 19.4 Å². The van der Waals surface area contributed by atoms with Gasteiger partial charge in [-0.2, -0.15) is 0 Å². The van der Waals surface area contributed by atoms with E-state index in [1.165, 1.54) is 22.2 Å². The highest BCUT2D eigenvalue weighted by atomic mass is 79.9. The summed E-state index contributed by atoms with van der Waals surface area (Å²) >= 11 is 5.28. The summed E-state index contributed by atoms with van der Waals surface area (Å²) in [6.45, 7) is 6.17. The Labute approximate surface area is 128 Å². The maximum atomic E-state index is 5.52. The number of likely N-dealkylation sites (N-methyl/N-ethyl adjacent to an activating group) is 1. The van der Waals surface area contributed by atoms with E-state index in [4.69, 9.17) is 4.74 Å². The fraction of sp³-hybridized carbons (Fsp3) is 0.714. The van der Waals surface area contributed by atoms with Crippen LogP contribution in [0.4, 0.5) is 0 Å². The number of halogens is 1. The molecule has 19 heavy (non-hydrogen) atoms. The Kier molecular flexibility index (Phi) is 6.81. The average Bonchev–Trinajstić information content (AvgIpc) is 2.82. The van der Waals surface area contributed by atoms with E-state index >= 15 is 0 Å². The molecule has 2 heterocycles. The van der Waals surface area contributed by atoms with Crippen molar-refractivity contribution in [2.24, 2.45) is 5.92 Å². The quantitative estimate of drug-likeness (QED) is 0.768. The highest BCUT2D eigenvalue weighted by Crippen LogP contribution is 2.19. The first-order valence-electron chi connectivity index (χ1n) is 6.94. The zero-order valence-corrected chi connectivity index (χ0v) is 13.9. The number of hydrogen-bond acceptors (Lipinski definition) is 4. The van der Waals surface area contributed by atoms with Crippen LogP contribution in [0.5, 0.6) is 0 Å². The van der Waals surface area contributed by atoms with Gasteiger partial charge in [0.1, 0.15) is 0 Å². The molecule has 1 aliphatic heterocycles. The van der Waals surface area contributed by atoms with E-state index in [1.807, 2.05) is 0 Å². The van der Waals surface area contributed by atoms with E-state index in [9.17, 15) is 0 Å². The van der Waals surface area contributed by atoms with Crippen LogP contribution in [0.25, 0.3) is 0 Å². The van der Waals surface area contributed by atoms with Crippen molar-refractivity contribution in [2.75, 3.05) is 39.9 Å². The molecule has 0 aromatic carbocycles. The summed E-state index contributed by atoms with van der Waals surface area (Å²) in [4.78, 5) is 3.80. The third kappa shape index (κ3) is 5.92. The molecular weight excluding hydrogens is 324 g/mol. The van der Waals surface area contributed by atoms with Crippen LogP contribution in [0.1, 0.15) is 17.7 Å². The minimum absolute atomic E-state index is 0.729. The average molecular weight is 347 g/mol. The summed E-state index contributed by atoms with van der Waals surface area (Å²) in [6.07, 6.45) is 2.55. The van der Waals surface area contributed by atoms with E-state index in [1.54, 1.807) is 11.3 Å². The predicted molar refractivity (Wildman–Crippen MR) is 84.8 cm³/mol. The van der Waals surface area contributed by atoms with Gasteiger partial charge in [-0.25, -0.2) is 0 Å². The van der Waals surface area contributed by atoms with Crippen LogP contribution in [-0.4, -0.2) is 44.8 Å². The van der Waals surface area contributed by atoms with Gasteiger partial charge < -0.3 is 15.0 Å². The highest BCUT2D eigenvalue weighted by molar-refractivity contribution is 9.10. The zero-order valence-electron chi connectivity index (χ0n) is 11.5. The van der Waals surface area contributed by atoms with Gasteiger partial charge in [-0.15, -0.1) is 11.3 Å². The number of ether oxygens (including phenoxy) is 1. The second kappa shape index (κ2) is 8.37. The summed E-state index contributed by atoms with van der Waals surface area (Å²) in [5, 5.41) is 5.63. The van der Waals surface area contributed by atoms with Crippen LogP contribution in [0, 0.1) is 5.92 Å². The molecule has 0 spiro atoms. The SMILES string of the molecule is CN(CCNCc1cc(Br)cs1)CC1CCCOC1. The van der Waals surface area contributed by atoms with Gasteiger partial charge in [-0.3, -0.25) is 0 Å². The van der Waals surface area contributed by atoms with Gasteiger partial charge in [0.05, 0.1) is 6.61 Å². The van der Waals surface area contributed by atoms with Crippen LogP contribution >= 0.6 is 27.3 Å². The number of rotatable bonds is 7. The largest absolute Gasteiger partial charge is 0.381 e. The Morgan fingerprint density at radius 2 is 2.47 bits per heavy atom. The number of nitrogens with one attached hydrogen (secondary N) is 1. The third-order valence-corrected chi connectivity index (χ3v) is 5.11. The van der Waals surface area contributed by atoms with Crippen LogP contribution in [-0.2, 0) is 11.3 Å². The summed E-state index contributed by atoms with van der Waals surface area (Å²) in [5.41, 5.74) is 0. The van der Waals surface area contributed by atoms with Crippen molar-refractivity contribution < 1.29 is 4.74 Å². The smallest absolute Gasteiger partial charge is 0.0506 e. The zero-order chi connectivity index (χ0) is 13.5. The lowest BCUT2D eigenvalue weighted by atomic mass is 10.0. The molecule has 1 fully saturated rings. The molecule has 1 aromatic rings. The molecule has 0 bridgehead atoms. The van der Waals surface area contributed by atoms with Crippen molar-refractivity contribution in [1.82, 2.24) is 10.2 Å². The lowest BCUT2D eigenvalue weighted by molar-refractivity contribution is 0.0422. The van der Waals surface area contributed by atoms with Crippen molar-refractivity contribution in [3.05, 3.63) is 20.8 Å². The van der Waals surface area contributed by atoms with Crippen molar-refractivity contribution in [1.29, 1.82) is 0 Å². The Morgan fingerprint density at radius 1 is 1.58 bits per heavy atom. The molecule has 0 aliphatic carbocycles. The minimum atomic E-state index is 0.729. The first kappa shape index (κ1) is 15.4. The number of thiophene rings is 1. The molecular formula is C14H23BrN2OS. The van der Waals surface area contributed by atoms with Gasteiger partial charge in [-0.1, -0.05) is 0 Å². The van der Waals surface area contributed by atoms with Gasteiger partial charge in [0.15, 0.2) is 0 Å². The van der Waals surface area contributed by atoms with Gasteiger partial charge in [0.2, 0.25) is 0 Å². The van der Waals surface area contributed by atoms with Crippen LogP contribution in [0.3, 0.4) is 0 Å². The Balaban J connectivity index is 1.54. The molecule has 1 aromatic heterocycles. The summed E-state index contributed by atoms with van der Waals surface area (Å²) < 4.78 is 6.71. The Hall–Kier alpha value is 0.0600. The van der Waals surface area contributed by atoms with Crippen molar-refractivity contribution >= 4 is 27.3 Å². The van der Waals surface area contributed by atoms with Gasteiger partial charge in [0.25, 0.3) is 0 Å². The maximum Gasteiger partial charge on any atom is 0.0506 e. The third-order valence-electron chi connectivity index (χ3n) is 3.42. The highest BCUT2D eigenvalue weighted by Gasteiger charge is 2.15. The Morgan fingerprint density at radius 3 is 3.16 bits per heavy atom. The molecule has 0 saturated carbocycles. The van der Waals surface area contributed by atoms with Crippen LogP contribution in [0.2, 0.25) is 0 Å². The molecule has 2 rings (SSSR count). The fourth-order valence-corrected chi connectivity index (χ4v) is 3.83. The molecule has 0 radical (unpaired) electrons. The van der Waals surface area contributed by atoms with E-state index < -0.39 is 0 Å². The lowest BCUT2D eigenvalue weighted by Crippen LogP contribution is -2.35. The predicted octanol–water partition coefficient (Wildman–Crippen LogP) is 2.96. The van der Waals surface area contributed by atoms with E-state index in [0.717, 1.165) is 45.3 Å². The standard InChI is InChI=1S/C14H23BrN2OS/c1-17(9-12-3-2-6-18-10-12)5-4-16-8-14-7-13(15)11-19-14/h7,11-12,16H,2-6,8-10H2,1H3. The van der Waals surface area contributed by atoms with Gasteiger partial charge >= 0.3 is 0 Å². The second-order valence-electron chi connectivity index (χ2n) is 5.25. The molecule has 1 N–H and O–H groups in total. The number of hydrogen-bond donors (Lipinski definition) is 1. The maximum absolute atomic E-state index is 5.52. The summed E-state index contributed by atoms with van der Waals surface area (Å²) in [7, 11) is 2.21. The summed E-state index contributed by atoms with van der Waals surface area (Å²) in [6, 6.07) is 2.18. The van der Waals surface area contributed by atoms with E-state index in [0.29, 0.717) is 0 Å². The molecule has 1 saturated heterocycles. The normalized spacial score (nSPS) is 20.1. The monoisotopic (exact) mass is 346 g/mol. The minimum Gasteiger partial charge on any atom is -0.381 e. The lowest BCUT2D eigenvalue weighted by Gasteiger charge is -2.27. The first-order valence-corrected chi connectivity index (χ1v) is 8.61. The van der Waals surface area contributed by atoms with E-state index in [2.05, 4.69) is 44.6 Å². The molecule has 1 unspecified atom stereocenters. The molecule has 3 nitrogen and oxygen atoms in total. The molecule has 1 atom stereocenters. The van der Waals surface area contributed by atoms with Gasteiger partial charge in [0, 0.05) is 47.5 Å². The van der Waals surface area contributed by atoms with Crippen molar-refractivity contribution in [3.63, 3.8) is 0 Å². The van der Waals surface area contributed by atoms with Crippen molar-refractivity contribution in [3.8, 4) is 0 Å². The molecule has 0 amide bonds. The van der Waals surface area contributed by atoms with Crippen LogP contribution in [0.15, 0.2) is 15.9 Å². The molecule has 5 heteroatoms. The topological polar surface area (TPSA) is 24.5 Å². The summed E-state index contributed by atoms with van der Waals surface area (Å²) in [5.74, 6) is 0.729. The van der Waals surface area contributed by atoms with Crippen LogP contribution < -0.4 is 5.32 Å². The molecule has 108 valence electrons. The van der Waals surface area contributed by atoms with E-state index in [-0.39, 0.29) is 0 Å². The van der Waals surface area contributed by atoms with Gasteiger partial charge in [-0.05, 0) is 47.8 Å². The first-order chi connectivity index (χ1) is 9.24.